The van der Waals surface area contributed by atoms with Gasteiger partial charge in [-0.1, -0.05) is 36.4 Å². The topological polar surface area (TPSA) is 36.4 Å². The summed E-state index contributed by atoms with van der Waals surface area (Å²) in [6.45, 7) is 4.02. The van der Waals surface area contributed by atoms with Crippen LogP contribution in [0.25, 0.3) is 10.9 Å². The number of fused-ring (bicyclic) bond motifs is 1. The molecule has 0 unspecified atom stereocenters. The predicted molar refractivity (Wildman–Crippen MR) is 111 cm³/mol. The Bertz CT molecular complexity index is 940. The number of amides is 1. The number of carbonyl (C=O) groups is 1. The van der Waals surface area contributed by atoms with Gasteiger partial charge in [0.1, 0.15) is 11.5 Å². The van der Waals surface area contributed by atoms with Gasteiger partial charge in [0.2, 0.25) is 0 Å². The molecule has 2 heterocycles. The molecule has 3 aromatic rings. The number of pyridine rings is 1. The Morgan fingerprint density at radius 1 is 0.929 bits per heavy atom. The molecule has 146 valence electrons. The molecule has 4 nitrogen and oxygen atoms in total. The molecule has 0 bridgehead atoms. The summed E-state index contributed by atoms with van der Waals surface area (Å²) in [5.41, 5.74) is 2.49. The maximum absolute atomic E-state index is 13.0. The van der Waals surface area contributed by atoms with E-state index in [1.165, 1.54) is 12.1 Å². The predicted octanol–water partition coefficient (Wildman–Crippen LogP) is 3.80. The molecule has 0 atom stereocenters. The van der Waals surface area contributed by atoms with E-state index >= 15 is 0 Å². The summed E-state index contributed by atoms with van der Waals surface area (Å²) in [6, 6.07) is 18.3. The van der Waals surface area contributed by atoms with Crippen molar-refractivity contribution in [2.24, 2.45) is 0 Å². The number of hydrogen-bond donors (Lipinski definition) is 0. The zero-order valence-electron chi connectivity index (χ0n) is 15.6. The van der Waals surface area contributed by atoms with Crippen LogP contribution in [0.5, 0.6) is 0 Å². The van der Waals surface area contributed by atoms with Crippen molar-refractivity contribution in [1.29, 1.82) is 0 Å². The van der Waals surface area contributed by atoms with Gasteiger partial charge in [0.15, 0.2) is 0 Å². The van der Waals surface area contributed by atoms with Crippen molar-refractivity contribution in [2.75, 3.05) is 32.7 Å². The van der Waals surface area contributed by atoms with Gasteiger partial charge in [0.25, 0.3) is 5.91 Å². The van der Waals surface area contributed by atoms with Gasteiger partial charge in [-0.2, -0.15) is 0 Å². The van der Waals surface area contributed by atoms with Gasteiger partial charge in [0.05, 0.1) is 5.52 Å². The van der Waals surface area contributed by atoms with E-state index in [1.54, 1.807) is 0 Å². The molecule has 28 heavy (non-hydrogen) atoms. The third-order valence-corrected chi connectivity index (χ3v) is 5.11. The molecular formula is C22H23ClFN3O. The summed E-state index contributed by atoms with van der Waals surface area (Å²) in [4.78, 5) is 21.5. The molecular weight excluding hydrogens is 377 g/mol. The quantitative estimate of drug-likeness (QED) is 0.669. The van der Waals surface area contributed by atoms with Crippen LogP contribution in [0.4, 0.5) is 4.39 Å². The molecule has 1 amide bonds. The van der Waals surface area contributed by atoms with Crippen molar-refractivity contribution < 1.29 is 9.18 Å². The molecule has 0 N–H and O–H groups in total. The first-order valence-electron chi connectivity index (χ1n) is 9.31. The first-order chi connectivity index (χ1) is 13.2. The van der Waals surface area contributed by atoms with E-state index in [1.807, 2.05) is 53.4 Å². The van der Waals surface area contributed by atoms with Crippen LogP contribution in [0.2, 0.25) is 0 Å². The van der Waals surface area contributed by atoms with E-state index in [4.69, 9.17) is 0 Å². The van der Waals surface area contributed by atoms with Gasteiger partial charge >= 0.3 is 0 Å². The van der Waals surface area contributed by atoms with Crippen molar-refractivity contribution >= 4 is 29.2 Å². The molecule has 0 spiro atoms. The Labute approximate surface area is 170 Å². The second-order valence-corrected chi connectivity index (χ2v) is 6.90. The minimum Gasteiger partial charge on any atom is -0.335 e. The van der Waals surface area contributed by atoms with Crippen molar-refractivity contribution in [2.45, 2.75) is 6.42 Å². The maximum atomic E-state index is 13.0. The number of nitrogens with zero attached hydrogens (tertiary/aromatic N) is 3. The smallest absolute Gasteiger partial charge is 0.272 e. The van der Waals surface area contributed by atoms with E-state index in [9.17, 15) is 9.18 Å². The van der Waals surface area contributed by atoms with Gasteiger partial charge in [0, 0.05) is 38.1 Å². The van der Waals surface area contributed by atoms with Gasteiger partial charge < -0.3 is 4.90 Å². The Balaban J connectivity index is 0.00000225. The fourth-order valence-electron chi connectivity index (χ4n) is 3.46. The summed E-state index contributed by atoms with van der Waals surface area (Å²) in [6.07, 6.45) is 0.889. The van der Waals surface area contributed by atoms with Crippen molar-refractivity contribution in [1.82, 2.24) is 14.8 Å². The highest BCUT2D eigenvalue weighted by Gasteiger charge is 2.22. The molecule has 1 aromatic heterocycles. The first-order valence-corrected chi connectivity index (χ1v) is 9.31. The molecule has 6 heteroatoms. The summed E-state index contributed by atoms with van der Waals surface area (Å²) >= 11 is 0. The number of para-hydroxylation sites is 1. The number of rotatable bonds is 4. The molecule has 1 aliphatic rings. The van der Waals surface area contributed by atoms with Gasteiger partial charge in [-0.15, -0.1) is 12.4 Å². The Morgan fingerprint density at radius 2 is 1.64 bits per heavy atom. The lowest BCUT2D eigenvalue weighted by Crippen LogP contribution is -2.49. The van der Waals surface area contributed by atoms with Crippen LogP contribution in [-0.4, -0.2) is 53.4 Å². The SMILES string of the molecule is Cl.O=C(c1ccc2ccccc2n1)N1CCN(CCc2ccc(F)cc2)CC1. The standard InChI is InChI=1S/C22H22FN3O.ClH/c23-19-8-5-17(6-9-19)11-12-25-13-15-26(16-14-25)22(27)21-10-7-18-3-1-2-4-20(18)24-21;/h1-10H,11-16H2;1H. The lowest BCUT2D eigenvalue weighted by molar-refractivity contribution is 0.0633. The number of benzene rings is 2. The minimum absolute atomic E-state index is 0. The van der Waals surface area contributed by atoms with E-state index in [0.29, 0.717) is 18.8 Å². The Morgan fingerprint density at radius 3 is 2.39 bits per heavy atom. The highest BCUT2D eigenvalue weighted by Crippen LogP contribution is 2.14. The minimum atomic E-state index is -0.201. The number of piperazine rings is 1. The van der Waals surface area contributed by atoms with Gasteiger partial charge in [-0.3, -0.25) is 9.69 Å². The van der Waals surface area contributed by atoms with Crippen LogP contribution >= 0.6 is 12.4 Å². The summed E-state index contributed by atoms with van der Waals surface area (Å²) in [5, 5.41) is 1.04. The second-order valence-electron chi connectivity index (χ2n) is 6.90. The largest absolute Gasteiger partial charge is 0.335 e. The van der Waals surface area contributed by atoms with Crippen LogP contribution in [0.15, 0.2) is 60.7 Å². The average molecular weight is 400 g/mol. The van der Waals surface area contributed by atoms with Crippen LogP contribution in [0.1, 0.15) is 16.1 Å². The Hall–Kier alpha value is -2.50. The van der Waals surface area contributed by atoms with Crippen LogP contribution in [-0.2, 0) is 6.42 Å². The van der Waals surface area contributed by atoms with Gasteiger partial charge in [-0.05, 0) is 36.2 Å². The molecule has 2 aromatic carbocycles. The fraction of sp³-hybridized carbons (Fsp3) is 0.273. The van der Waals surface area contributed by atoms with Crippen molar-refractivity contribution in [3.05, 3.63) is 77.7 Å². The average Bonchev–Trinajstić information content (AvgIpc) is 2.73. The molecule has 1 saturated heterocycles. The number of hydrogen-bond acceptors (Lipinski definition) is 3. The van der Waals surface area contributed by atoms with Crippen LogP contribution < -0.4 is 0 Å². The third kappa shape index (κ3) is 4.66. The van der Waals surface area contributed by atoms with E-state index < -0.39 is 0 Å². The molecule has 1 fully saturated rings. The summed E-state index contributed by atoms with van der Waals surface area (Å²) in [7, 11) is 0. The molecule has 4 rings (SSSR count). The second kappa shape index (κ2) is 9.13. The molecule has 0 radical (unpaired) electrons. The van der Waals surface area contributed by atoms with E-state index in [-0.39, 0.29) is 24.1 Å². The number of carbonyl (C=O) groups excluding carboxylic acids is 1. The van der Waals surface area contributed by atoms with Crippen molar-refractivity contribution in [3.8, 4) is 0 Å². The lowest BCUT2D eigenvalue weighted by Gasteiger charge is -2.34. The molecule has 0 aliphatic carbocycles. The monoisotopic (exact) mass is 399 g/mol. The van der Waals surface area contributed by atoms with Crippen LogP contribution in [0, 0.1) is 5.82 Å². The molecule has 0 saturated carbocycles. The zero-order valence-corrected chi connectivity index (χ0v) is 16.4. The summed E-state index contributed by atoms with van der Waals surface area (Å²) < 4.78 is 13.0. The van der Waals surface area contributed by atoms with Gasteiger partial charge in [-0.25, -0.2) is 9.37 Å². The third-order valence-electron chi connectivity index (χ3n) is 5.11. The lowest BCUT2D eigenvalue weighted by atomic mass is 10.1. The van der Waals surface area contributed by atoms with Crippen LogP contribution in [0.3, 0.4) is 0 Å². The number of aromatic nitrogens is 1. The number of halogens is 2. The summed E-state index contributed by atoms with van der Waals surface area (Å²) in [5.74, 6) is -0.202. The zero-order chi connectivity index (χ0) is 18.6. The van der Waals surface area contributed by atoms with E-state index in [0.717, 1.165) is 42.5 Å². The maximum Gasteiger partial charge on any atom is 0.272 e. The van der Waals surface area contributed by atoms with E-state index in [2.05, 4.69) is 9.88 Å². The highest BCUT2D eigenvalue weighted by atomic mass is 35.5. The van der Waals surface area contributed by atoms with Crippen molar-refractivity contribution in [3.63, 3.8) is 0 Å². The fourth-order valence-corrected chi connectivity index (χ4v) is 3.46. The Kier molecular flexibility index (Phi) is 6.60. The highest BCUT2D eigenvalue weighted by molar-refractivity contribution is 5.95. The first kappa shape index (κ1) is 20.2. The normalized spacial score (nSPS) is 14.7. The molecule has 1 aliphatic heterocycles.